The Morgan fingerprint density at radius 1 is 1.02 bits per heavy atom. The van der Waals surface area contributed by atoms with E-state index in [0.717, 1.165) is 0 Å². The lowest BCUT2D eigenvalue weighted by Gasteiger charge is -2.51. The summed E-state index contributed by atoms with van der Waals surface area (Å²) >= 11 is 0. The van der Waals surface area contributed by atoms with E-state index in [0.29, 0.717) is 12.0 Å². The Bertz CT molecular complexity index is 1800. The molecule has 3 aliphatic carbocycles. The fourth-order valence-corrected chi connectivity index (χ4v) is 6.75. The highest BCUT2D eigenvalue weighted by molar-refractivity contribution is 6.26. The van der Waals surface area contributed by atoms with Gasteiger partial charge in [0.1, 0.15) is 17.1 Å². The van der Waals surface area contributed by atoms with Gasteiger partial charge in [-0.15, -0.1) is 0 Å². The van der Waals surface area contributed by atoms with Gasteiger partial charge < -0.3 is 57.5 Å². The van der Waals surface area contributed by atoms with Crippen molar-refractivity contribution in [2.75, 3.05) is 11.9 Å². The summed E-state index contributed by atoms with van der Waals surface area (Å²) in [7, 11) is 0. The highest BCUT2D eigenvalue weighted by atomic mass is 16.3. The van der Waals surface area contributed by atoms with Gasteiger partial charge in [0.15, 0.2) is 28.6 Å². The van der Waals surface area contributed by atoms with Gasteiger partial charge in [-0.1, -0.05) is 19.1 Å². The van der Waals surface area contributed by atoms with E-state index in [9.17, 15) is 54.9 Å². The van der Waals surface area contributed by atoms with Gasteiger partial charge in [0, 0.05) is 43.2 Å². The van der Waals surface area contributed by atoms with E-state index >= 15 is 0 Å². The number of allylic oxidation sites excluding steroid dienone is 1. The molecule has 5 atom stereocenters. The van der Waals surface area contributed by atoms with Crippen LogP contribution >= 0.6 is 0 Å². The van der Waals surface area contributed by atoms with Crippen LogP contribution in [0.2, 0.25) is 0 Å². The summed E-state index contributed by atoms with van der Waals surface area (Å²) in [5.41, 5.74) is 0.730. The van der Waals surface area contributed by atoms with Crippen LogP contribution in [0.4, 0.5) is 5.69 Å². The molecule has 0 radical (unpaired) electrons. The smallest absolute Gasteiger partial charge is 0.254 e. The number of carbonyl (C=O) groups excluding carboxylic acids is 4. The first kappa shape index (κ1) is 33.0. The highest BCUT2D eigenvalue weighted by Gasteiger charge is 2.62. The number of aliphatic hydroxyl groups excluding tert-OH is 3. The van der Waals surface area contributed by atoms with Crippen molar-refractivity contribution in [3.05, 3.63) is 69.7 Å². The van der Waals surface area contributed by atoms with Crippen LogP contribution in [-0.4, -0.2) is 83.2 Å². The van der Waals surface area contributed by atoms with Crippen molar-refractivity contribution in [2.45, 2.75) is 50.2 Å². The van der Waals surface area contributed by atoms with Gasteiger partial charge >= 0.3 is 0 Å². The molecule has 0 aromatic heterocycles. The molecule has 47 heavy (non-hydrogen) atoms. The molecule has 0 heterocycles. The second-order valence-electron chi connectivity index (χ2n) is 11.9. The van der Waals surface area contributed by atoms with Crippen LogP contribution < -0.4 is 16.4 Å². The van der Waals surface area contributed by atoms with E-state index in [1.165, 1.54) is 24.3 Å². The van der Waals surface area contributed by atoms with Crippen molar-refractivity contribution in [2.24, 2.45) is 17.6 Å². The first-order valence-electron chi connectivity index (χ1n) is 14.7. The molecule has 0 aliphatic heterocycles. The Morgan fingerprint density at radius 3 is 2.36 bits per heavy atom. The zero-order chi connectivity index (χ0) is 34.5. The molecule has 0 fully saturated rings. The standard InChI is InChI=1S/C32H34N4O11/c1-12-14-3-4-16(36-21(41)7-6-20(40)35-9-8-13-2-5-17(37)18(38)10-13)27(43)23(14)28(44)25-22(12)26(42)15-11-19(39)24(31(34)46)29(33)32(15,47)30(25)45/h2-5,10,12,15,22,26,33,37-39,42-43,45,47H,6-9,11H2,1H3,(H2,34,46)(H,35,40)(H,36,41)/t12-,15?,22?,26+,32+/m0/s1. The average Bonchev–Trinajstić information content (AvgIpc) is 3.00. The number of nitrogens with two attached hydrogens (primary N) is 1. The number of aromatic hydroxyl groups is 3. The summed E-state index contributed by atoms with van der Waals surface area (Å²) in [4.78, 5) is 50.7. The normalized spacial score (nSPS) is 25.1. The molecule has 2 unspecified atom stereocenters. The summed E-state index contributed by atoms with van der Waals surface area (Å²) in [5, 5.41) is 88.2. The van der Waals surface area contributed by atoms with Gasteiger partial charge in [0.2, 0.25) is 11.8 Å². The molecule has 15 nitrogen and oxygen atoms in total. The van der Waals surface area contributed by atoms with E-state index in [4.69, 9.17) is 11.1 Å². The second kappa shape index (κ2) is 12.1. The fourth-order valence-electron chi connectivity index (χ4n) is 6.75. The number of amides is 3. The number of rotatable bonds is 8. The lowest BCUT2D eigenvalue weighted by Crippen LogP contribution is -2.62. The number of carbonyl (C=O) groups is 4. The summed E-state index contributed by atoms with van der Waals surface area (Å²) in [6, 6.07) is 7.06. The Labute approximate surface area is 267 Å². The first-order chi connectivity index (χ1) is 22.1. The maximum atomic E-state index is 13.9. The number of Topliss-reactive ketones (excluding diaryl/α,β-unsaturated/α-hetero) is 1. The third-order valence-corrected chi connectivity index (χ3v) is 9.19. The number of ketones is 1. The maximum absolute atomic E-state index is 13.9. The molecule has 2 aromatic rings. The molecular formula is C32H34N4O11. The lowest BCUT2D eigenvalue weighted by molar-refractivity contribution is -0.124. The molecule has 15 heteroatoms. The van der Waals surface area contributed by atoms with Gasteiger partial charge in [-0.05, 0) is 41.7 Å². The van der Waals surface area contributed by atoms with E-state index in [-0.39, 0.29) is 47.7 Å². The van der Waals surface area contributed by atoms with E-state index in [2.05, 4.69) is 10.6 Å². The predicted molar refractivity (Wildman–Crippen MR) is 164 cm³/mol. The van der Waals surface area contributed by atoms with Crippen LogP contribution in [0.1, 0.15) is 53.6 Å². The predicted octanol–water partition coefficient (Wildman–Crippen LogP) is 1.05. The molecule has 5 rings (SSSR count). The Hall–Kier alpha value is -5.41. The van der Waals surface area contributed by atoms with Crippen molar-refractivity contribution in [3.63, 3.8) is 0 Å². The molecule has 12 N–H and O–H groups in total. The quantitative estimate of drug-likeness (QED) is 0.180. The third kappa shape index (κ3) is 5.42. The zero-order valence-corrected chi connectivity index (χ0v) is 25.1. The van der Waals surface area contributed by atoms with Crippen LogP contribution in [0.3, 0.4) is 0 Å². The van der Waals surface area contributed by atoms with Crippen molar-refractivity contribution in [3.8, 4) is 17.2 Å². The number of hydrogen-bond acceptors (Lipinski definition) is 12. The van der Waals surface area contributed by atoms with Gasteiger partial charge in [-0.25, -0.2) is 0 Å². The van der Waals surface area contributed by atoms with Crippen molar-refractivity contribution in [1.82, 2.24) is 5.32 Å². The summed E-state index contributed by atoms with van der Waals surface area (Å²) < 4.78 is 0. The minimum absolute atomic E-state index is 0.178. The maximum Gasteiger partial charge on any atom is 0.254 e. The number of nitrogens with one attached hydrogen (secondary N) is 3. The highest BCUT2D eigenvalue weighted by Crippen LogP contribution is 2.55. The fraction of sp³-hybridized carbons (Fsp3) is 0.344. The van der Waals surface area contributed by atoms with E-state index in [1.54, 1.807) is 13.0 Å². The summed E-state index contributed by atoms with van der Waals surface area (Å²) in [5.74, 6) is -9.52. The zero-order valence-electron chi connectivity index (χ0n) is 25.1. The topological polar surface area (TPSA) is 284 Å². The number of aliphatic hydroxyl groups is 4. The largest absolute Gasteiger partial charge is 0.511 e. The Kier molecular flexibility index (Phi) is 8.47. The van der Waals surface area contributed by atoms with Crippen molar-refractivity contribution >= 4 is 34.9 Å². The number of primary amides is 1. The summed E-state index contributed by atoms with van der Waals surface area (Å²) in [6.45, 7) is 1.81. The average molecular weight is 651 g/mol. The number of phenolic OH excluding ortho intramolecular Hbond substituents is 3. The molecule has 3 aliphatic rings. The van der Waals surface area contributed by atoms with Gasteiger partial charge in [0.05, 0.1) is 23.1 Å². The van der Waals surface area contributed by atoms with Crippen LogP contribution in [0, 0.1) is 17.2 Å². The van der Waals surface area contributed by atoms with Crippen LogP contribution in [0.15, 0.2) is 53.0 Å². The molecule has 0 spiro atoms. The molecule has 3 amide bonds. The second-order valence-corrected chi connectivity index (χ2v) is 11.9. The van der Waals surface area contributed by atoms with Gasteiger partial charge in [-0.3, -0.25) is 19.2 Å². The molecule has 0 bridgehead atoms. The van der Waals surface area contributed by atoms with Crippen LogP contribution in [0.25, 0.3) is 0 Å². The number of fused-ring (bicyclic) bond motifs is 3. The van der Waals surface area contributed by atoms with Crippen LogP contribution in [0.5, 0.6) is 17.2 Å². The molecule has 0 saturated carbocycles. The number of phenols is 3. The number of benzene rings is 2. The van der Waals surface area contributed by atoms with Crippen molar-refractivity contribution < 1.29 is 54.9 Å². The number of anilines is 1. The first-order valence-corrected chi connectivity index (χ1v) is 14.7. The minimum atomic E-state index is -2.75. The van der Waals surface area contributed by atoms with E-state index in [1.807, 2.05) is 0 Å². The van der Waals surface area contributed by atoms with Gasteiger partial charge in [-0.2, -0.15) is 0 Å². The Morgan fingerprint density at radius 2 is 1.70 bits per heavy atom. The number of hydrogen-bond donors (Lipinski definition) is 11. The van der Waals surface area contributed by atoms with Gasteiger partial charge in [0.25, 0.3) is 5.91 Å². The monoisotopic (exact) mass is 650 g/mol. The van der Waals surface area contributed by atoms with E-state index < -0.39 is 93.5 Å². The van der Waals surface area contributed by atoms with Crippen LogP contribution in [-0.2, 0) is 20.8 Å². The molecule has 2 aromatic carbocycles. The lowest BCUT2D eigenvalue weighted by atomic mass is 9.56. The minimum Gasteiger partial charge on any atom is -0.511 e. The summed E-state index contributed by atoms with van der Waals surface area (Å²) in [6.07, 6.45) is -2.24. The Balaban J connectivity index is 1.32. The SMILES string of the molecule is C[C@H]1c2ccc(NC(=O)CCC(=O)NCCc3ccc(O)c(O)c3)c(O)c2C(=O)C2=C(O)[C@]3(O)C(=N)C(C(N)=O)=C(O)CC3[C@@H](O)C21. The van der Waals surface area contributed by atoms with Crippen molar-refractivity contribution in [1.29, 1.82) is 5.41 Å². The molecular weight excluding hydrogens is 616 g/mol. The molecule has 248 valence electrons. The third-order valence-electron chi connectivity index (χ3n) is 9.19. The molecule has 0 saturated heterocycles.